The van der Waals surface area contributed by atoms with Crippen molar-refractivity contribution < 1.29 is 5.11 Å². The van der Waals surface area contributed by atoms with E-state index in [0.717, 1.165) is 30.9 Å². The molecule has 1 atom stereocenters. The van der Waals surface area contributed by atoms with Crippen LogP contribution in [0.2, 0.25) is 19.1 Å². The van der Waals surface area contributed by atoms with Crippen molar-refractivity contribution in [2.75, 3.05) is 0 Å². The molecule has 2 heteroatoms. The number of benzene rings is 1. The Balaban J connectivity index is 2.20. The quantitative estimate of drug-likeness (QED) is 0.642. The minimum atomic E-state index is -1.57. The Morgan fingerprint density at radius 1 is 1.29 bits per heavy atom. The summed E-state index contributed by atoms with van der Waals surface area (Å²) in [4.78, 5) is 0. The van der Waals surface area contributed by atoms with Gasteiger partial charge in [0, 0.05) is 0 Å². The van der Waals surface area contributed by atoms with E-state index in [4.69, 9.17) is 0 Å². The van der Waals surface area contributed by atoms with Crippen LogP contribution in [0.4, 0.5) is 0 Å². The number of rotatable bonds is 3. The van der Waals surface area contributed by atoms with Crippen LogP contribution in [0.5, 0.6) is 0 Å². The van der Waals surface area contributed by atoms with Crippen molar-refractivity contribution >= 4 is 13.3 Å². The van der Waals surface area contributed by atoms with E-state index in [0.29, 0.717) is 0 Å². The number of hydrogen-bond donors (Lipinski definition) is 1. The smallest absolute Gasteiger partial charge is 0.0837 e. The van der Waals surface area contributed by atoms with Gasteiger partial charge in [0.1, 0.15) is 0 Å². The van der Waals surface area contributed by atoms with Gasteiger partial charge in [-0.15, -0.1) is 0 Å². The summed E-state index contributed by atoms with van der Waals surface area (Å²) in [7, 11) is -1.57. The van der Waals surface area contributed by atoms with Gasteiger partial charge in [-0.05, 0) is 30.9 Å². The van der Waals surface area contributed by atoms with Gasteiger partial charge < -0.3 is 5.11 Å². The molecule has 0 saturated heterocycles. The second-order valence-corrected chi connectivity index (χ2v) is 10.6. The molecule has 0 radical (unpaired) electrons. The van der Waals surface area contributed by atoms with E-state index >= 15 is 0 Å². The van der Waals surface area contributed by atoms with Crippen LogP contribution in [0.1, 0.15) is 19.3 Å². The van der Waals surface area contributed by atoms with Crippen LogP contribution in [0, 0.1) is 0 Å². The predicted octanol–water partition coefficient (Wildman–Crippen LogP) is 3.07. The van der Waals surface area contributed by atoms with Crippen LogP contribution < -0.4 is 5.19 Å². The summed E-state index contributed by atoms with van der Waals surface area (Å²) in [5.74, 6) is 0. The molecule has 0 heterocycles. The minimum Gasteiger partial charge on any atom is -0.386 e. The van der Waals surface area contributed by atoms with Crippen molar-refractivity contribution in [3.05, 3.63) is 42.5 Å². The molecule has 17 heavy (non-hydrogen) atoms. The first-order valence-corrected chi connectivity index (χ1v) is 9.61. The van der Waals surface area contributed by atoms with Gasteiger partial charge in [-0.3, -0.25) is 0 Å². The maximum atomic E-state index is 10.7. The largest absolute Gasteiger partial charge is 0.386 e. The van der Waals surface area contributed by atoms with E-state index in [1.165, 1.54) is 5.19 Å². The Labute approximate surface area is 105 Å². The minimum absolute atomic E-state index is 0.592. The maximum absolute atomic E-state index is 10.7. The Kier molecular flexibility index (Phi) is 3.28. The van der Waals surface area contributed by atoms with Crippen molar-refractivity contribution in [1.82, 2.24) is 0 Å². The Morgan fingerprint density at radius 3 is 2.47 bits per heavy atom. The Bertz CT molecular complexity index is 410. The molecule has 1 aromatic rings. The standard InChI is InChI=1S/C15H22OSi/c1-13-8-7-11-15(13,16)12-17(2,3)14-9-5-4-6-10-14/h4-6,9-10,16H,1,7-8,11-12H2,2-3H3. The highest BCUT2D eigenvalue weighted by atomic mass is 28.3. The zero-order valence-electron chi connectivity index (χ0n) is 10.9. The van der Waals surface area contributed by atoms with Gasteiger partial charge in [0.15, 0.2) is 0 Å². The van der Waals surface area contributed by atoms with E-state index < -0.39 is 13.7 Å². The first kappa shape index (κ1) is 12.6. The molecule has 0 bridgehead atoms. The molecule has 0 aliphatic heterocycles. The SMILES string of the molecule is C=C1CCCC1(O)C[Si](C)(C)c1ccccc1. The lowest BCUT2D eigenvalue weighted by Gasteiger charge is -2.33. The van der Waals surface area contributed by atoms with E-state index in [1.807, 2.05) is 0 Å². The summed E-state index contributed by atoms with van der Waals surface area (Å²) in [6.07, 6.45) is 2.99. The molecule has 1 unspecified atom stereocenters. The lowest BCUT2D eigenvalue weighted by Crippen LogP contribution is -2.48. The highest BCUT2D eigenvalue weighted by Gasteiger charge is 2.41. The summed E-state index contributed by atoms with van der Waals surface area (Å²) < 4.78 is 0. The van der Waals surface area contributed by atoms with Crippen LogP contribution in [0.25, 0.3) is 0 Å². The third kappa shape index (κ3) is 2.53. The normalized spacial score (nSPS) is 25.2. The molecule has 2 rings (SSSR count). The first-order chi connectivity index (χ1) is 7.94. The lowest BCUT2D eigenvalue weighted by molar-refractivity contribution is 0.105. The van der Waals surface area contributed by atoms with Gasteiger partial charge in [0.25, 0.3) is 0 Å². The molecular formula is C15H22OSi. The van der Waals surface area contributed by atoms with Crippen molar-refractivity contribution in [2.24, 2.45) is 0 Å². The molecule has 0 aromatic heterocycles. The van der Waals surface area contributed by atoms with Crippen LogP contribution in [0.15, 0.2) is 42.5 Å². The van der Waals surface area contributed by atoms with E-state index in [-0.39, 0.29) is 0 Å². The van der Waals surface area contributed by atoms with Gasteiger partial charge in [0.05, 0.1) is 13.7 Å². The third-order valence-electron chi connectivity index (χ3n) is 4.02. The van der Waals surface area contributed by atoms with Crippen molar-refractivity contribution in [3.63, 3.8) is 0 Å². The third-order valence-corrected chi connectivity index (χ3v) is 7.38. The predicted molar refractivity (Wildman–Crippen MR) is 76.3 cm³/mol. The zero-order chi connectivity index (χ0) is 12.5. The molecular weight excluding hydrogens is 224 g/mol. The monoisotopic (exact) mass is 246 g/mol. The van der Waals surface area contributed by atoms with E-state index in [9.17, 15) is 5.11 Å². The summed E-state index contributed by atoms with van der Waals surface area (Å²) in [5, 5.41) is 12.1. The maximum Gasteiger partial charge on any atom is 0.0837 e. The van der Waals surface area contributed by atoms with E-state index in [1.54, 1.807) is 0 Å². The lowest BCUT2D eigenvalue weighted by atomic mass is 10.0. The highest BCUT2D eigenvalue weighted by molar-refractivity contribution is 6.90. The summed E-state index contributed by atoms with van der Waals surface area (Å²) in [6.45, 7) is 8.74. The molecule has 1 fully saturated rings. The number of hydrogen-bond acceptors (Lipinski definition) is 1. The second-order valence-electron chi connectivity index (χ2n) is 5.92. The highest BCUT2D eigenvalue weighted by Crippen LogP contribution is 2.39. The van der Waals surface area contributed by atoms with Gasteiger partial charge in [0.2, 0.25) is 0 Å². The Morgan fingerprint density at radius 2 is 1.94 bits per heavy atom. The van der Waals surface area contributed by atoms with Crippen LogP contribution in [-0.2, 0) is 0 Å². The molecule has 1 nitrogen and oxygen atoms in total. The molecule has 0 spiro atoms. The van der Waals surface area contributed by atoms with Crippen molar-refractivity contribution in [2.45, 2.75) is 44.0 Å². The van der Waals surface area contributed by atoms with Crippen molar-refractivity contribution in [3.8, 4) is 0 Å². The average molecular weight is 246 g/mol. The number of aliphatic hydroxyl groups is 1. The fourth-order valence-electron chi connectivity index (χ4n) is 2.94. The van der Waals surface area contributed by atoms with Crippen molar-refractivity contribution in [1.29, 1.82) is 0 Å². The molecule has 1 aliphatic carbocycles. The zero-order valence-corrected chi connectivity index (χ0v) is 11.9. The Hall–Kier alpha value is -0.863. The molecule has 0 amide bonds. The van der Waals surface area contributed by atoms with Crippen LogP contribution in [-0.4, -0.2) is 18.8 Å². The van der Waals surface area contributed by atoms with Gasteiger partial charge in [-0.2, -0.15) is 0 Å². The summed E-state index contributed by atoms with van der Waals surface area (Å²) in [6, 6.07) is 11.6. The molecule has 1 aliphatic rings. The topological polar surface area (TPSA) is 20.2 Å². The molecule has 1 aromatic carbocycles. The van der Waals surface area contributed by atoms with Gasteiger partial charge in [-0.25, -0.2) is 0 Å². The first-order valence-electron chi connectivity index (χ1n) is 6.40. The second kappa shape index (κ2) is 4.43. The summed E-state index contributed by atoms with van der Waals surface area (Å²) >= 11 is 0. The molecule has 92 valence electrons. The van der Waals surface area contributed by atoms with E-state index in [2.05, 4.69) is 50.0 Å². The van der Waals surface area contributed by atoms with Gasteiger partial charge >= 0.3 is 0 Å². The molecule has 1 saturated carbocycles. The summed E-state index contributed by atoms with van der Waals surface area (Å²) in [5.41, 5.74) is 0.458. The van der Waals surface area contributed by atoms with Gasteiger partial charge in [-0.1, -0.05) is 55.2 Å². The average Bonchev–Trinajstić information content (AvgIpc) is 2.59. The van der Waals surface area contributed by atoms with Crippen LogP contribution >= 0.6 is 0 Å². The molecule has 1 N–H and O–H groups in total. The fourth-order valence-corrected chi connectivity index (χ4v) is 6.13. The fraction of sp³-hybridized carbons (Fsp3) is 0.467. The van der Waals surface area contributed by atoms with Crippen LogP contribution in [0.3, 0.4) is 0 Å².